The molecule has 1 N–H and O–H groups in total. The summed E-state index contributed by atoms with van der Waals surface area (Å²) in [7, 11) is 0. The van der Waals surface area contributed by atoms with Crippen molar-refractivity contribution in [2.75, 3.05) is 31.1 Å². The van der Waals surface area contributed by atoms with E-state index in [1.54, 1.807) is 0 Å². The molecule has 0 bridgehead atoms. The Bertz CT molecular complexity index is 359. The number of nitriles is 1. The number of nitrogens with zero attached hydrogens (tertiary/aromatic N) is 3. The van der Waals surface area contributed by atoms with E-state index in [0.29, 0.717) is 5.69 Å². The third kappa shape index (κ3) is 1.44. The van der Waals surface area contributed by atoms with Gasteiger partial charge in [0.2, 0.25) is 5.69 Å². The zero-order chi connectivity index (χ0) is 9.97. The lowest BCUT2D eigenvalue weighted by molar-refractivity contribution is 0.395. The Morgan fingerprint density at radius 1 is 1.50 bits per heavy atom. The van der Waals surface area contributed by atoms with Crippen molar-refractivity contribution in [2.24, 2.45) is 0 Å². The van der Waals surface area contributed by atoms with Crippen LogP contribution < -0.4 is 10.2 Å². The third-order valence-electron chi connectivity index (χ3n) is 2.37. The molecule has 1 saturated heterocycles. The van der Waals surface area contributed by atoms with Crippen molar-refractivity contribution in [3.63, 3.8) is 0 Å². The highest BCUT2D eigenvalue weighted by atomic mass is 16.5. The van der Waals surface area contributed by atoms with Crippen LogP contribution in [0.25, 0.3) is 0 Å². The normalized spacial score (nSPS) is 16.7. The number of hydrogen-bond acceptors (Lipinski definition) is 5. The van der Waals surface area contributed by atoms with Gasteiger partial charge >= 0.3 is 0 Å². The fraction of sp³-hybridized carbons (Fsp3) is 0.556. The Kier molecular flexibility index (Phi) is 2.37. The van der Waals surface area contributed by atoms with Crippen LogP contribution in [-0.2, 0) is 0 Å². The van der Waals surface area contributed by atoms with Crippen molar-refractivity contribution < 1.29 is 4.52 Å². The zero-order valence-electron chi connectivity index (χ0n) is 8.08. The molecule has 5 nitrogen and oxygen atoms in total. The SMILES string of the molecule is Cc1onc(C#N)c1N1CCNCC1. The Morgan fingerprint density at radius 3 is 2.86 bits per heavy atom. The van der Waals surface area contributed by atoms with E-state index in [9.17, 15) is 0 Å². The van der Waals surface area contributed by atoms with Gasteiger partial charge in [-0.05, 0) is 6.92 Å². The molecule has 2 heterocycles. The van der Waals surface area contributed by atoms with Crippen LogP contribution >= 0.6 is 0 Å². The lowest BCUT2D eigenvalue weighted by Crippen LogP contribution is -2.43. The zero-order valence-corrected chi connectivity index (χ0v) is 8.08. The van der Waals surface area contributed by atoms with Gasteiger partial charge < -0.3 is 14.7 Å². The molecule has 0 radical (unpaired) electrons. The van der Waals surface area contributed by atoms with E-state index in [0.717, 1.165) is 37.6 Å². The molecule has 1 aliphatic heterocycles. The van der Waals surface area contributed by atoms with Crippen molar-refractivity contribution in [2.45, 2.75) is 6.92 Å². The van der Waals surface area contributed by atoms with Gasteiger partial charge in [0.1, 0.15) is 11.8 Å². The molecule has 0 amide bonds. The molecule has 1 fully saturated rings. The summed E-state index contributed by atoms with van der Waals surface area (Å²) in [5, 5.41) is 15.8. The monoisotopic (exact) mass is 192 g/mol. The summed E-state index contributed by atoms with van der Waals surface area (Å²) in [5.74, 6) is 0.725. The van der Waals surface area contributed by atoms with Gasteiger partial charge in [-0.3, -0.25) is 0 Å². The first kappa shape index (κ1) is 9.03. The summed E-state index contributed by atoms with van der Waals surface area (Å²) in [4.78, 5) is 2.14. The third-order valence-corrected chi connectivity index (χ3v) is 2.37. The summed E-state index contributed by atoms with van der Waals surface area (Å²) in [5.41, 5.74) is 1.25. The Labute approximate surface area is 82.3 Å². The minimum atomic E-state index is 0.393. The summed E-state index contributed by atoms with van der Waals surface area (Å²) >= 11 is 0. The van der Waals surface area contributed by atoms with Crippen LogP contribution in [0.1, 0.15) is 11.5 Å². The van der Waals surface area contributed by atoms with E-state index >= 15 is 0 Å². The smallest absolute Gasteiger partial charge is 0.207 e. The number of anilines is 1. The highest BCUT2D eigenvalue weighted by molar-refractivity contribution is 5.58. The molecule has 1 aromatic rings. The van der Waals surface area contributed by atoms with Crippen molar-refractivity contribution in [3.05, 3.63) is 11.5 Å². The summed E-state index contributed by atoms with van der Waals surface area (Å²) in [6.45, 7) is 5.52. The maximum Gasteiger partial charge on any atom is 0.207 e. The predicted molar refractivity (Wildman–Crippen MR) is 51.0 cm³/mol. The number of nitrogens with one attached hydrogen (secondary N) is 1. The van der Waals surface area contributed by atoms with E-state index in [1.807, 2.05) is 13.0 Å². The van der Waals surface area contributed by atoms with Gasteiger partial charge in [0.15, 0.2) is 5.76 Å². The fourth-order valence-electron chi connectivity index (χ4n) is 1.70. The van der Waals surface area contributed by atoms with Crippen molar-refractivity contribution >= 4 is 5.69 Å². The van der Waals surface area contributed by atoms with Gasteiger partial charge in [0, 0.05) is 26.2 Å². The maximum absolute atomic E-state index is 8.85. The van der Waals surface area contributed by atoms with Gasteiger partial charge in [-0.1, -0.05) is 5.16 Å². The molecule has 1 aromatic heterocycles. The summed E-state index contributed by atoms with van der Waals surface area (Å²) in [6, 6.07) is 2.05. The average molecular weight is 192 g/mol. The molecule has 14 heavy (non-hydrogen) atoms. The van der Waals surface area contributed by atoms with Gasteiger partial charge in [-0.2, -0.15) is 5.26 Å². The van der Waals surface area contributed by atoms with Gasteiger partial charge in [-0.25, -0.2) is 0 Å². The van der Waals surface area contributed by atoms with Gasteiger partial charge in [-0.15, -0.1) is 0 Å². The van der Waals surface area contributed by atoms with Crippen LogP contribution in [0.3, 0.4) is 0 Å². The number of hydrogen-bond donors (Lipinski definition) is 1. The lowest BCUT2D eigenvalue weighted by atomic mass is 10.2. The Hall–Kier alpha value is -1.54. The molecular formula is C9H12N4O. The molecule has 74 valence electrons. The quantitative estimate of drug-likeness (QED) is 0.691. The second kappa shape index (κ2) is 3.68. The minimum absolute atomic E-state index is 0.393. The number of piperazine rings is 1. The Balaban J connectivity index is 2.29. The van der Waals surface area contributed by atoms with E-state index < -0.39 is 0 Å². The molecule has 0 spiro atoms. The molecule has 1 aliphatic rings. The van der Waals surface area contributed by atoms with Gasteiger partial charge in [0.05, 0.1) is 0 Å². The van der Waals surface area contributed by atoms with Crippen LogP contribution in [0.15, 0.2) is 4.52 Å². The van der Waals surface area contributed by atoms with Crippen LogP contribution in [0.4, 0.5) is 5.69 Å². The van der Waals surface area contributed by atoms with Crippen LogP contribution in [-0.4, -0.2) is 31.3 Å². The van der Waals surface area contributed by atoms with E-state index in [2.05, 4.69) is 15.4 Å². The Morgan fingerprint density at radius 2 is 2.21 bits per heavy atom. The average Bonchev–Trinajstić information content (AvgIpc) is 2.61. The van der Waals surface area contributed by atoms with E-state index in [1.165, 1.54) is 0 Å². The standard InChI is InChI=1S/C9H12N4O/c1-7-9(8(6-10)12-14-7)13-4-2-11-3-5-13/h11H,2-5H2,1H3. The van der Waals surface area contributed by atoms with Crippen molar-refractivity contribution in [1.29, 1.82) is 5.26 Å². The second-order valence-electron chi connectivity index (χ2n) is 3.28. The first-order chi connectivity index (χ1) is 6.83. The molecule has 2 rings (SSSR count). The number of rotatable bonds is 1. The van der Waals surface area contributed by atoms with Crippen molar-refractivity contribution in [3.8, 4) is 6.07 Å². The molecular weight excluding hydrogens is 180 g/mol. The predicted octanol–water partition coefficient (Wildman–Crippen LogP) is 0.264. The van der Waals surface area contributed by atoms with Crippen molar-refractivity contribution in [1.82, 2.24) is 10.5 Å². The molecule has 0 aliphatic carbocycles. The van der Waals surface area contributed by atoms with Gasteiger partial charge in [0.25, 0.3) is 0 Å². The number of aromatic nitrogens is 1. The topological polar surface area (TPSA) is 65.1 Å². The van der Waals surface area contributed by atoms with E-state index in [4.69, 9.17) is 9.78 Å². The first-order valence-electron chi connectivity index (χ1n) is 4.65. The van der Waals surface area contributed by atoms with Crippen LogP contribution in [0, 0.1) is 18.3 Å². The molecule has 0 saturated carbocycles. The molecule has 0 aromatic carbocycles. The minimum Gasteiger partial charge on any atom is -0.364 e. The highest BCUT2D eigenvalue weighted by Crippen LogP contribution is 2.24. The maximum atomic E-state index is 8.85. The molecule has 5 heteroatoms. The molecule has 0 unspecified atom stereocenters. The highest BCUT2D eigenvalue weighted by Gasteiger charge is 2.20. The number of aryl methyl sites for hydroxylation is 1. The first-order valence-corrected chi connectivity index (χ1v) is 4.65. The van der Waals surface area contributed by atoms with Crippen LogP contribution in [0.5, 0.6) is 0 Å². The second-order valence-corrected chi connectivity index (χ2v) is 3.28. The summed E-state index contributed by atoms with van der Waals surface area (Å²) < 4.78 is 5.01. The summed E-state index contributed by atoms with van der Waals surface area (Å²) in [6.07, 6.45) is 0. The molecule has 0 atom stereocenters. The lowest BCUT2D eigenvalue weighted by Gasteiger charge is -2.28. The van der Waals surface area contributed by atoms with E-state index in [-0.39, 0.29) is 0 Å². The largest absolute Gasteiger partial charge is 0.364 e. The van der Waals surface area contributed by atoms with Crippen LogP contribution in [0.2, 0.25) is 0 Å². The fourth-order valence-corrected chi connectivity index (χ4v) is 1.70.